The van der Waals surface area contributed by atoms with Crippen LogP contribution in [0.2, 0.25) is 0 Å². The minimum atomic E-state index is -0.994. The molecule has 0 aliphatic heterocycles. The molecular weight excluding hydrogens is 388 g/mol. The molecule has 0 bridgehead atoms. The number of rotatable bonds is 5. The first-order chi connectivity index (χ1) is 14.5. The average molecular weight is 404 g/mol. The van der Waals surface area contributed by atoms with Crippen LogP contribution in [-0.4, -0.2) is 34.3 Å². The van der Waals surface area contributed by atoms with Crippen LogP contribution < -0.4 is 16.3 Å². The number of benzene rings is 2. The van der Waals surface area contributed by atoms with Gasteiger partial charge in [-0.2, -0.15) is 10.4 Å². The predicted molar refractivity (Wildman–Crippen MR) is 110 cm³/mol. The Bertz CT molecular complexity index is 1220. The van der Waals surface area contributed by atoms with Gasteiger partial charge in [-0.3, -0.25) is 20.3 Å². The highest BCUT2D eigenvalue weighted by Crippen LogP contribution is 2.18. The lowest BCUT2D eigenvalue weighted by Gasteiger charge is -2.05. The number of amides is 2. The topological polar surface area (TPSA) is 149 Å². The van der Waals surface area contributed by atoms with Crippen LogP contribution in [0.5, 0.6) is 0 Å². The number of hydrogen-bond donors (Lipinski definition) is 3. The molecule has 3 aromatic rings. The molecule has 0 saturated carbocycles. The van der Waals surface area contributed by atoms with E-state index in [1.54, 1.807) is 49.4 Å². The number of hydrazone groups is 1. The van der Waals surface area contributed by atoms with E-state index >= 15 is 0 Å². The normalized spacial score (nSPS) is 10.9. The number of anilines is 1. The maximum atomic E-state index is 12.3. The molecule has 0 fully saturated rings. The number of alkyl carbamates (subject to hydrolysis) is 1. The van der Waals surface area contributed by atoms with Crippen molar-refractivity contribution in [3.05, 3.63) is 58.9 Å². The van der Waals surface area contributed by atoms with E-state index in [0.717, 1.165) is 0 Å². The van der Waals surface area contributed by atoms with Crippen molar-refractivity contribution in [1.82, 2.24) is 15.3 Å². The van der Waals surface area contributed by atoms with Gasteiger partial charge in [0, 0.05) is 5.56 Å². The number of aromatic amines is 1. The highest BCUT2D eigenvalue weighted by Gasteiger charge is 2.15. The van der Waals surface area contributed by atoms with Gasteiger partial charge in [-0.05, 0) is 31.2 Å². The molecule has 2 aromatic carbocycles. The van der Waals surface area contributed by atoms with E-state index in [1.165, 1.54) is 0 Å². The maximum absolute atomic E-state index is 12.3. The number of carbonyl (C=O) groups excluding carboxylic acids is 2. The van der Waals surface area contributed by atoms with E-state index in [9.17, 15) is 14.4 Å². The highest BCUT2D eigenvalue weighted by molar-refractivity contribution is 6.46. The lowest BCUT2D eigenvalue weighted by Crippen LogP contribution is -2.36. The zero-order chi connectivity index (χ0) is 21.5. The Morgan fingerprint density at radius 1 is 1.20 bits per heavy atom. The van der Waals surface area contributed by atoms with Crippen molar-refractivity contribution in [1.29, 1.82) is 5.26 Å². The number of ether oxygens (including phenoxy) is 1. The number of H-pyrrole nitrogens is 1. The smallest absolute Gasteiger partial charge is 0.414 e. The van der Waals surface area contributed by atoms with Gasteiger partial charge in [-0.15, -0.1) is 0 Å². The summed E-state index contributed by atoms with van der Waals surface area (Å²) in [6, 6.07) is 15.3. The SMILES string of the molecule is CCOC(=O)NC(=O)/C(C#N)=N\Nc1ccc(-c2nc3ccccc3[nH]c2=O)cc1. The van der Waals surface area contributed by atoms with Gasteiger partial charge in [0.2, 0.25) is 5.71 Å². The first-order valence-electron chi connectivity index (χ1n) is 8.83. The third-order valence-electron chi connectivity index (χ3n) is 3.87. The summed E-state index contributed by atoms with van der Waals surface area (Å²) in [6.45, 7) is 1.66. The quantitative estimate of drug-likeness (QED) is 0.435. The average Bonchev–Trinajstić information content (AvgIpc) is 2.74. The van der Waals surface area contributed by atoms with E-state index in [-0.39, 0.29) is 17.9 Å². The van der Waals surface area contributed by atoms with E-state index in [1.807, 2.05) is 17.4 Å². The van der Waals surface area contributed by atoms with Crippen molar-refractivity contribution in [2.24, 2.45) is 5.10 Å². The summed E-state index contributed by atoms with van der Waals surface area (Å²) in [5.74, 6) is -0.994. The van der Waals surface area contributed by atoms with Crippen LogP contribution in [0.4, 0.5) is 10.5 Å². The number of nitrogens with zero attached hydrogens (tertiary/aromatic N) is 3. The van der Waals surface area contributed by atoms with Crippen LogP contribution in [0.15, 0.2) is 58.4 Å². The fourth-order valence-electron chi connectivity index (χ4n) is 2.49. The van der Waals surface area contributed by atoms with Gasteiger partial charge >= 0.3 is 6.09 Å². The molecular formula is C20H16N6O4. The van der Waals surface area contributed by atoms with Crippen LogP contribution >= 0.6 is 0 Å². The molecule has 0 unspecified atom stereocenters. The molecule has 0 saturated heterocycles. The van der Waals surface area contributed by atoms with E-state index in [2.05, 4.69) is 25.2 Å². The maximum Gasteiger partial charge on any atom is 0.414 e. The van der Waals surface area contributed by atoms with Gasteiger partial charge in [0.15, 0.2) is 0 Å². The standard InChI is InChI=1S/C20H16N6O4/c1-2-30-20(29)24-18(27)16(11-21)26-25-13-9-7-12(8-10-13)17-19(28)23-15-6-4-3-5-14(15)22-17/h3-10,25H,2H2,1H3,(H,23,28)(H,24,27,29)/b26-16-. The Morgan fingerprint density at radius 2 is 1.93 bits per heavy atom. The monoisotopic (exact) mass is 404 g/mol. The van der Waals surface area contributed by atoms with Gasteiger partial charge in [0.1, 0.15) is 11.8 Å². The fourth-order valence-corrected chi connectivity index (χ4v) is 2.49. The van der Waals surface area contributed by atoms with Gasteiger partial charge in [-0.1, -0.05) is 24.3 Å². The van der Waals surface area contributed by atoms with Gasteiger partial charge in [0.05, 0.1) is 23.3 Å². The lowest BCUT2D eigenvalue weighted by atomic mass is 10.1. The lowest BCUT2D eigenvalue weighted by molar-refractivity contribution is -0.114. The molecule has 0 radical (unpaired) electrons. The van der Waals surface area contributed by atoms with Crippen LogP contribution in [0.3, 0.4) is 0 Å². The van der Waals surface area contributed by atoms with Crippen molar-refractivity contribution in [3.8, 4) is 17.3 Å². The van der Waals surface area contributed by atoms with E-state index in [0.29, 0.717) is 22.3 Å². The number of aromatic nitrogens is 2. The van der Waals surface area contributed by atoms with Gasteiger partial charge in [-0.25, -0.2) is 9.78 Å². The summed E-state index contributed by atoms with van der Waals surface area (Å²) < 4.78 is 4.57. The third kappa shape index (κ3) is 4.66. The first-order valence-corrected chi connectivity index (χ1v) is 8.83. The molecule has 3 rings (SSSR count). The number of carbonyl (C=O) groups is 2. The number of nitriles is 1. The number of hydrogen-bond acceptors (Lipinski definition) is 8. The third-order valence-corrected chi connectivity index (χ3v) is 3.87. The fraction of sp³-hybridized carbons (Fsp3) is 0.100. The molecule has 0 spiro atoms. The van der Waals surface area contributed by atoms with Crippen LogP contribution in [0.25, 0.3) is 22.3 Å². The molecule has 10 heteroatoms. The van der Waals surface area contributed by atoms with Crippen molar-refractivity contribution in [2.45, 2.75) is 6.92 Å². The summed E-state index contributed by atoms with van der Waals surface area (Å²) in [4.78, 5) is 42.6. The molecule has 150 valence electrons. The summed E-state index contributed by atoms with van der Waals surface area (Å²) in [6.07, 6.45) is -0.970. The summed E-state index contributed by atoms with van der Waals surface area (Å²) in [5, 5.41) is 14.6. The molecule has 0 aliphatic carbocycles. The van der Waals surface area contributed by atoms with Crippen LogP contribution in [-0.2, 0) is 9.53 Å². The van der Waals surface area contributed by atoms with Crippen molar-refractivity contribution >= 4 is 34.4 Å². The molecule has 1 aromatic heterocycles. The van der Waals surface area contributed by atoms with Crippen molar-refractivity contribution in [3.63, 3.8) is 0 Å². The summed E-state index contributed by atoms with van der Waals surface area (Å²) in [5.41, 5.74) is 4.26. The van der Waals surface area contributed by atoms with Crippen LogP contribution in [0, 0.1) is 11.3 Å². The van der Waals surface area contributed by atoms with Crippen molar-refractivity contribution < 1.29 is 14.3 Å². The number of nitrogens with one attached hydrogen (secondary N) is 3. The zero-order valence-corrected chi connectivity index (χ0v) is 15.8. The van der Waals surface area contributed by atoms with Gasteiger partial charge in [0.25, 0.3) is 11.5 Å². The molecule has 1 heterocycles. The predicted octanol–water partition coefficient (Wildman–Crippen LogP) is 2.15. The molecule has 2 amide bonds. The minimum Gasteiger partial charge on any atom is -0.450 e. The number of para-hydroxylation sites is 2. The Kier molecular flexibility index (Phi) is 6.14. The Morgan fingerprint density at radius 3 is 2.63 bits per heavy atom. The number of fused-ring (bicyclic) bond motifs is 1. The molecule has 30 heavy (non-hydrogen) atoms. The second-order valence-corrected chi connectivity index (χ2v) is 5.87. The zero-order valence-electron chi connectivity index (χ0n) is 15.8. The molecule has 10 nitrogen and oxygen atoms in total. The van der Waals surface area contributed by atoms with Crippen LogP contribution in [0.1, 0.15) is 6.92 Å². The molecule has 0 aliphatic rings. The largest absolute Gasteiger partial charge is 0.450 e. The molecule has 0 atom stereocenters. The molecule has 3 N–H and O–H groups in total. The second kappa shape index (κ2) is 9.11. The summed E-state index contributed by atoms with van der Waals surface area (Å²) >= 11 is 0. The Labute approximate surface area is 170 Å². The Balaban J connectivity index is 1.76. The van der Waals surface area contributed by atoms with E-state index in [4.69, 9.17) is 5.26 Å². The summed E-state index contributed by atoms with van der Waals surface area (Å²) in [7, 11) is 0. The Hall–Kier alpha value is -4.52. The minimum absolute atomic E-state index is 0.0810. The number of imide groups is 1. The van der Waals surface area contributed by atoms with Crippen molar-refractivity contribution in [2.75, 3.05) is 12.0 Å². The van der Waals surface area contributed by atoms with E-state index < -0.39 is 17.7 Å². The highest BCUT2D eigenvalue weighted by atomic mass is 16.5. The first kappa shape index (κ1) is 20.2. The van der Waals surface area contributed by atoms with Gasteiger partial charge < -0.3 is 9.72 Å². The second-order valence-electron chi connectivity index (χ2n) is 5.87.